The first kappa shape index (κ1) is 14.8. The van der Waals surface area contributed by atoms with E-state index in [4.69, 9.17) is 4.74 Å². The summed E-state index contributed by atoms with van der Waals surface area (Å²) >= 11 is 3.41. The Morgan fingerprint density at radius 3 is 2.67 bits per heavy atom. The molecular weight excluding hydrogens is 368 g/mol. The number of fused-ring (bicyclic) bond motifs is 1. The lowest BCUT2D eigenvalue weighted by atomic mass is 10.2. The molecule has 5 nitrogen and oxygen atoms in total. The molecule has 2 heterocycles. The fourth-order valence-electron chi connectivity index (χ4n) is 2.47. The highest BCUT2D eigenvalue weighted by molar-refractivity contribution is 9.10. The van der Waals surface area contributed by atoms with Gasteiger partial charge in [-0.2, -0.15) is 5.10 Å². The van der Waals surface area contributed by atoms with E-state index < -0.39 is 0 Å². The van der Waals surface area contributed by atoms with Crippen molar-refractivity contribution in [1.82, 2.24) is 19.7 Å². The van der Waals surface area contributed by atoms with Crippen LogP contribution in [0.5, 0.6) is 11.6 Å². The highest BCUT2D eigenvalue weighted by atomic mass is 79.9. The topological polar surface area (TPSA) is 52.8 Å². The van der Waals surface area contributed by atoms with Crippen LogP contribution in [0.1, 0.15) is 5.56 Å². The van der Waals surface area contributed by atoms with Crippen molar-refractivity contribution in [2.75, 3.05) is 0 Å². The average molecular weight is 381 g/mol. The van der Waals surface area contributed by atoms with Crippen LogP contribution in [0.2, 0.25) is 0 Å². The molecule has 0 saturated carbocycles. The molecule has 0 aliphatic carbocycles. The van der Waals surface area contributed by atoms with Crippen molar-refractivity contribution in [1.29, 1.82) is 0 Å². The summed E-state index contributed by atoms with van der Waals surface area (Å²) in [6.45, 7) is 2.05. The van der Waals surface area contributed by atoms with Crippen molar-refractivity contribution in [3.05, 3.63) is 71.1 Å². The molecule has 2 aromatic heterocycles. The second-order valence-electron chi connectivity index (χ2n) is 5.37. The van der Waals surface area contributed by atoms with Crippen molar-refractivity contribution < 1.29 is 4.74 Å². The highest BCUT2D eigenvalue weighted by Crippen LogP contribution is 2.28. The van der Waals surface area contributed by atoms with Crippen molar-refractivity contribution in [2.45, 2.75) is 6.92 Å². The molecule has 118 valence electrons. The maximum atomic E-state index is 5.89. The molecule has 0 bridgehead atoms. The molecule has 2 aromatic carbocycles. The zero-order chi connectivity index (χ0) is 16.5. The highest BCUT2D eigenvalue weighted by Gasteiger charge is 2.12. The second-order valence-corrected chi connectivity index (χ2v) is 6.28. The van der Waals surface area contributed by atoms with Crippen LogP contribution in [0.15, 0.2) is 65.5 Å². The molecule has 0 aliphatic rings. The Hall–Kier alpha value is -2.73. The third-order valence-electron chi connectivity index (χ3n) is 3.60. The molecule has 24 heavy (non-hydrogen) atoms. The molecule has 0 saturated heterocycles. The van der Waals surface area contributed by atoms with E-state index in [9.17, 15) is 0 Å². The molecule has 0 spiro atoms. The normalized spacial score (nSPS) is 10.9. The molecular formula is C18H13BrN4O. The maximum Gasteiger partial charge on any atom is 0.233 e. The van der Waals surface area contributed by atoms with Crippen LogP contribution in [0.25, 0.3) is 16.7 Å². The summed E-state index contributed by atoms with van der Waals surface area (Å²) in [5.74, 6) is 1.20. The van der Waals surface area contributed by atoms with Crippen LogP contribution in [0.3, 0.4) is 0 Å². The number of aromatic nitrogens is 4. The molecule has 0 fully saturated rings. The SMILES string of the molecule is Cc1cccc(-n2ncc3c(Oc4ccc(Br)cc4)ncnc32)c1. The monoisotopic (exact) mass is 380 g/mol. The van der Waals surface area contributed by atoms with Crippen molar-refractivity contribution in [3.63, 3.8) is 0 Å². The lowest BCUT2D eigenvalue weighted by Crippen LogP contribution is -1.98. The fraction of sp³-hybridized carbons (Fsp3) is 0.0556. The Kier molecular flexibility index (Phi) is 3.74. The summed E-state index contributed by atoms with van der Waals surface area (Å²) < 4.78 is 8.68. The first-order valence-corrected chi connectivity index (χ1v) is 8.19. The largest absolute Gasteiger partial charge is 0.438 e. The lowest BCUT2D eigenvalue weighted by molar-refractivity contribution is 0.468. The summed E-state index contributed by atoms with van der Waals surface area (Å²) in [7, 11) is 0. The number of aryl methyl sites for hydroxylation is 1. The quantitative estimate of drug-likeness (QED) is 0.517. The Morgan fingerprint density at radius 1 is 1.04 bits per heavy atom. The predicted octanol–water partition coefficient (Wildman–Crippen LogP) is 4.68. The smallest absolute Gasteiger partial charge is 0.233 e. The van der Waals surface area contributed by atoms with Crippen LogP contribution < -0.4 is 4.74 Å². The standard InChI is InChI=1S/C18H13BrN4O/c1-12-3-2-4-14(9-12)23-17-16(10-22-23)18(21-11-20-17)24-15-7-5-13(19)6-8-15/h2-11H,1H3. The fourth-order valence-corrected chi connectivity index (χ4v) is 2.73. The Morgan fingerprint density at radius 2 is 1.88 bits per heavy atom. The van der Waals surface area contributed by atoms with Gasteiger partial charge in [0.15, 0.2) is 5.65 Å². The molecule has 0 unspecified atom stereocenters. The summed E-state index contributed by atoms with van der Waals surface area (Å²) in [6.07, 6.45) is 3.22. The number of ether oxygens (including phenoxy) is 1. The number of hydrogen-bond donors (Lipinski definition) is 0. The molecule has 0 radical (unpaired) electrons. The third-order valence-corrected chi connectivity index (χ3v) is 4.13. The first-order chi connectivity index (χ1) is 11.7. The van der Waals surface area contributed by atoms with Crippen molar-refractivity contribution in [3.8, 4) is 17.3 Å². The zero-order valence-electron chi connectivity index (χ0n) is 12.8. The maximum absolute atomic E-state index is 5.89. The zero-order valence-corrected chi connectivity index (χ0v) is 14.4. The second kappa shape index (κ2) is 6.05. The summed E-state index contributed by atoms with van der Waals surface area (Å²) in [6, 6.07) is 15.7. The number of hydrogen-bond acceptors (Lipinski definition) is 4. The van der Waals surface area contributed by atoms with E-state index in [1.54, 1.807) is 10.9 Å². The Balaban J connectivity index is 1.77. The van der Waals surface area contributed by atoms with Crippen molar-refractivity contribution in [2.24, 2.45) is 0 Å². The van der Waals surface area contributed by atoms with Gasteiger partial charge in [0.05, 0.1) is 11.9 Å². The summed E-state index contributed by atoms with van der Waals surface area (Å²) in [5.41, 5.74) is 2.83. The minimum atomic E-state index is 0.487. The van der Waals surface area contributed by atoms with Gasteiger partial charge in [-0.3, -0.25) is 0 Å². The van der Waals surface area contributed by atoms with Crippen LogP contribution >= 0.6 is 15.9 Å². The molecule has 4 rings (SSSR count). The van der Waals surface area contributed by atoms with E-state index in [1.807, 2.05) is 49.4 Å². The molecule has 0 N–H and O–H groups in total. The van der Waals surface area contributed by atoms with Crippen LogP contribution in [0, 0.1) is 6.92 Å². The first-order valence-electron chi connectivity index (χ1n) is 7.40. The summed E-state index contributed by atoms with van der Waals surface area (Å²) in [4.78, 5) is 8.62. The average Bonchev–Trinajstić information content (AvgIpc) is 3.02. The van der Waals surface area contributed by atoms with Crippen LogP contribution in [-0.4, -0.2) is 19.7 Å². The van der Waals surface area contributed by atoms with E-state index in [-0.39, 0.29) is 0 Å². The number of halogens is 1. The third kappa shape index (κ3) is 2.76. The minimum Gasteiger partial charge on any atom is -0.438 e. The van der Waals surface area contributed by atoms with Crippen molar-refractivity contribution >= 4 is 27.0 Å². The van der Waals surface area contributed by atoms with Crippen LogP contribution in [-0.2, 0) is 0 Å². The van der Waals surface area contributed by atoms with Gasteiger partial charge in [0.25, 0.3) is 0 Å². The van der Waals surface area contributed by atoms with Gasteiger partial charge in [-0.05, 0) is 48.9 Å². The van der Waals surface area contributed by atoms with Gasteiger partial charge in [0.1, 0.15) is 17.5 Å². The van der Waals surface area contributed by atoms with E-state index in [0.29, 0.717) is 17.3 Å². The number of nitrogens with zero attached hydrogens (tertiary/aromatic N) is 4. The predicted molar refractivity (Wildman–Crippen MR) is 95.6 cm³/mol. The van der Waals surface area contributed by atoms with E-state index in [2.05, 4.69) is 37.1 Å². The molecule has 0 atom stereocenters. The lowest BCUT2D eigenvalue weighted by Gasteiger charge is -2.06. The Bertz CT molecular complexity index is 1010. The number of benzene rings is 2. The molecule has 6 heteroatoms. The van der Waals surface area contributed by atoms with Gasteiger partial charge >= 0.3 is 0 Å². The minimum absolute atomic E-state index is 0.487. The van der Waals surface area contributed by atoms with Gasteiger partial charge in [-0.15, -0.1) is 0 Å². The summed E-state index contributed by atoms with van der Waals surface area (Å²) in [5, 5.41) is 5.22. The van der Waals surface area contributed by atoms with Gasteiger partial charge in [0.2, 0.25) is 5.88 Å². The van der Waals surface area contributed by atoms with E-state index >= 15 is 0 Å². The Labute approximate surface area is 147 Å². The number of rotatable bonds is 3. The van der Waals surface area contributed by atoms with Gasteiger partial charge in [-0.1, -0.05) is 28.1 Å². The molecule has 4 aromatic rings. The van der Waals surface area contributed by atoms with E-state index in [1.165, 1.54) is 6.33 Å². The van der Waals surface area contributed by atoms with E-state index in [0.717, 1.165) is 21.1 Å². The van der Waals surface area contributed by atoms with Gasteiger partial charge in [0, 0.05) is 4.47 Å². The molecule has 0 amide bonds. The van der Waals surface area contributed by atoms with Crippen LogP contribution in [0.4, 0.5) is 0 Å². The van der Waals surface area contributed by atoms with Gasteiger partial charge < -0.3 is 4.74 Å². The molecule has 0 aliphatic heterocycles. The van der Waals surface area contributed by atoms with Gasteiger partial charge in [-0.25, -0.2) is 14.6 Å².